The molecule has 1 aromatic heterocycles. The Bertz CT molecular complexity index is 371. The maximum absolute atomic E-state index is 10.9. The fourth-order valence-corrected chi connectivity index (χ4v) is 2.44. The van der Waals surface area contributed by atoms with Crippen LogP contribution in [0.1, 0.15) is 9.67 Å². The molecule has 3 N–H and O–H groups in total. The number of carbonyl (C=O) groups is 1. The molecule has 1 aromatic rings. The van der Waals surface area contributed by atoms with Crippen molar-refractivity contribution in [3.05, 3.63) is 10.9 Å². The average molecular weight is 228 g/mol. The van der Waals surface area contributed by atoms with E-state index in [1.54, 1.807) is 6.07 Å². The fraction of sp³-hybridized carbons (Fsp3) is 0.444. The second-order valence-corrected chi connectivity index (χ2v) is 4.29. The largest absolute Gasteiger partial charge is 0.506 e. The van der Waals surface area contributed by atoms with Gasteiger partial charge in [0.25, 0.3) is 5.91 Å². The van der Waals surface area contributed by atoms with Crippen LogP contribution in [0.3, 0.4) is 0 Å². The van der Waals surface area contributed by atoms with Gasteiger partial charge in [-0.1, -0.05) is 0 Å². The molecule has 0 spiro atoms. The number of morpholine rings is 1. The van der Waals surface area contributed by atoms with Gasteiger partial charge in [0.05, 0.1) is 18.2 Å². The van der Waals surface area contributed by atoms with Gasteiger partial charge in [-0.2, -0.15) is 0 Å². The third-order valence-corrected chi connectivity index (χ3v) is 3.45. The molecule has 1 fully saturated rings. The van der Waals surface area contributed by atoms with E-state index in [9.17, 15) is 9.90 Å². The summed E-state index contributed by atoms with van der Waals surface area (Å²) < 4.78 is 5.21. The van der Waals surface area contributed by atoms with Crippen LogP contribution in [-0.4, -0.2) is 37.3 Å². The molecule has 2 heterocycles. The number of anilines is 1. The summed E-state index contributed by atoms with van der Waals surface area (Å²) in [6, 6.07) is 1.58. The topological polar surface area (TPSA) is 75.8 Å². The van der Waals surface area contributed by atoms with E-state index in [1.807, 2.05) is 0 Å². The van der Waals surface area contributed by atoms with Gasteiger partial charge in [-0.3, -0.25) is 4.79 Å². The zero-order valence-electron chi connectivity index (χ0n) is 8.10. The highest BCUT2D eigenvalue weighted by molar-refractivity contribution is 7.18. The van der Waals surface area contributed by atoms with E-state index in [0.717, 1.165) is 18.1 Å². The van der Waals surface area contributed by atoms with Crippen LogP contribution in [0.2, 0.25) is 0 Å². The molecule has 5 nitrogen and oxygen atoms in total. The minimum atomic E-state index is -0.586. The minimum absolute atomic E-state index is 0.0333. The molecule has 1 aliphatic heterocycles. The third kappa shape index (κ3) is 2.05. The van der Waals surface area contributed by atoms with Crippen LogP contribution in [0.15, 0.2) is 6.07 Å². The van der Waals surface area contributed by atoms with Crippen molar-refractivity contribution in [2.45, 2.75) is 0 Å². The molecule has 0 bridgehead atoms. The molecule has 15 heavy (non-hydrogen) atoms. The van der Waals surface area contributed by atoms with Crippen molar-refractivity contribution in [3.8, 4) is 5.75 Å². The Morgan fingerprint density at radius 2 is 2.20 bits per heavy atom. The molecule has 0 unspecified atom stereocenters. The van der Waals surface area contributed by atoms with E-state index in [1.165, 1.54) is 11.3 Å². The highest BCUT2D eigenvalue weighted by Gasteiger charge is 2.18. The number of amides is 1. The summed E-state index contributed by atoms with van der Waals surface area (Å²) in [6.45, 7) is 2.89. The van der Waals surface area contributed by atoms with Gasteiger partial charge >= 0.3 is 0 Å². The SMILES string of the molecule is NC(=O)c1sc(N2CCOCC2)cc1O. The van der Waals surface area contributed by atoms with Crippen molar-refractivity contribution < 1.29 is 14.6 Å². The monoisotopic (exact) mass is 228 g/mol. The van der Waals surface area contributed by atoms with Crippen LogP contribution < -0.4 is 10.6 Å². The zero-order valence-corrected chi connectivity index (χ0v) is 8.92. The van der Waals surface area contributed by atoms with E-state index >= 15 is 0 Å². The predicted octanol–water partition coefficient (Wildman–Crippen LogP) is 0.389. The van der Waals surface area contributed by atoms with E-state index in [4.69, 9.17) is 10.5 Å². The summed E-state index contributed by atoms with van der Waals surface area (Å²) in [4.78, 5) is 13.2. The van der Waals surface area contributed by atoms with Crippen molar-refractivity contribution in [1.82, 2.24) is 0 Å². The number of hydrogen-bond donors (Lipinski definition) is 2. The first kappa shape index (κ1) is 10.3. The minimum Gasteiger partial charge on any atom is -0.506 e. The molecule has 0 atom stereocenters. The van der Waals surface area contributed by atoms with E-state index < -0.39 is 5.91 Å². The summed E-state index contributed by atoms with van der Waals surface area (Å²) in [5.74, 6) is -0.619. The Hall–Kier alpha value is -1.27. The Labute approximate surface area is 91.1 Å². The second-order valence-electron chi connectivity index (χ2n) is 3.26. The number of nitrogens with zero attached hydrogens (tertiary/aromatic N) is 1. The lowest BCUT2D eigenvalue weighted by Crippen LogP contribution is -2.35. The summed E-state index contributed by atoms with van der Waals surface area (Å²) >= 11 is 1.22. The number of hydrogen-bond acceptors (Lipinski definition) is 5. The van der Waals surface area contributed by atoms with Gasteiger partial charge in [0.1, 0.15) is 10.6 Å². The first-order valence-electron chi connectivity index (χ1n) is 4.64. The second kappa shape index (κ2) is 4.08. The fourth-order valence-electron chi connectivity index (χ4n) is 1.48. The maximum Gasteiger partial charge on any atom is 0.262 e. The summed E-state index contributed by atoms with van der Waals surface area (Å²) in [6.07, 6.45) is 0. The van der Waals surface area contributed by atoms with Crippen molar-refractivity contribution >= 4 is 22.2 Å². The molecule has 0 saturated carbocycles. The third-order valence-electron chi connectivity index (χ3n) is 2.25. The van der Waals surface area contributed by atoms with Gasteiger partial charge in [0.2, 0.25) is 0 Å². The molecular weight excluding hydrogens is 216 g/mol. The summed E-state index contributed by atoms with van der Waals surface area (Å²) in [7, 11) is 0. The van der Waals surface area contributed by atoms with Gasteiger partial charge in [-0.15, -0.1) is 11.3 Å². The smallest absolute Gasteiger partial charge is 0.262 e. The maximum atomic E-state index is 10.9. The lowest BCUT2D eigenvalue weighted by molar-refractivity contribution is 0.100. The molecule has 82 valence electrons. The van der Waals surface area contributed by atoms with Crippen LogP contribution in [0.4, 0.5) is 5.00 Å². The summed E-state index contributed by atoms with van der Waals surface area (Å²) in [5, 5.41) is 10.3. The number of rotatable bonds is 2. The number of primary amides is 1. The molecule has 0 radical (unpaired) electrons. The summed E-state index contributed by atoms with van der Waals surface area (Å²) in [5.41, 5.74) is 5.13. The molecule has 6 heteroatoms. The van der Waals surface area contributed by atoms with Gasteiger partial charge in [-0.05, 0) is 0 Å². The lowest BCUT2D eigenvalue weighted by atomic mass is 10.4. The number of thiophene rings is 1. The standard InChI is InChI=1S/C9H12N2O3S/c10-9(13)8-6(12)5-7(15-8)11-1-3-14-4-2-11/h5,12H,1-4H2,(H2,10,13). The average Bonchev–Trinajstić information content (AvgIpc) is 2.62. The van der Waals surface area contributed by atoms with E-state index in [0.29, 0.717) is 13.2 Å². The first-order valence-corrected chi connectivity index (χ1v) is 5.45. The van der Waals surface area contributed by atoms with Gasteiger partial charge in [0.15, 0.2) is 0 Å². The van der Waals surface area contributed by atoms with Gasteiger partial charge in [-0.25, -0.2) is 0 Å². The molecule has 1 aliphatic rings. The van der Waals surface area contributed by atoms with Gasteiger partial charge in [0, 0.05) is 19.2 Å². The van der Waals surface area contributed by atoms with Crippen LogP contribution in [0.25, 0.3) is 0 Å². The van der Waals surface area contributed by atoms with Crippen LogP contribution in [0, 0.1) is 0 Å². The Morgan fingerprint density at radius 1 is 1.53 bits per heavy atom. The Morgan fingerprint density at radius 3 is 2.73 bits per heavy atom. The van der Waals surface area contributed by atoms with E-state index in [2.05, 4.69) is 4.90 Å². The normalized spacial score (nSPS) is 16.7. The number of nitrogens with two attached hydrogens (primary N) is 1. The number of aromatic hydroxyl groups is 1. The highest BCUT2D eigenvalue weighted by Crippen LogP contribution is 2.34. The zero-order chi connectivity index (χ0) is 10.8. The van der Waals surface area contributed by atoms with Crippen LogP contribution in [0.5, 0.6) is 5.75 Å². The van der Waals surface area contributed by atoms with Crippen molar-refractivity contribution in [2.75, 3.05) is 31.2 Å². The molecule has 0 aromatic carbocycles. The highest BCUT2D eigenvalue weighted by atomic mass is 32.1. The van der Waals surface area contributed by atoms with E-state index in [-0.39, 0.29) is 10.6 Å². The van der Waals surface area contributed by atoms with Crippen LogP contribution in [-0.2, 0) is 4.74 Å². The first-order chi connectivity index (χ1) is 7.18. The predicted molar refractivity (Wildman–Crippen MR) is 57.5 cm³/mol. The molecule has 2 rings (SSSR count). The molecule has 1 saturated heterocycles. The van der Waals surface area contributed by atoms with Crippen molar-refractivity contribution in [2.24, 2.45) is 5.73 Å². The Balaban J connectivity index is 2.21. The number of carbonyl (C=O) groups excluding carboxylic acids is 1. The quantitative estimate of drug-likeness (QED) is 0.767. The molecular formula is C9H12N2O3S. The van der Waals surface area contributed by atoms with Crippen molar-refractivity contribution in [3.63, 3.8) is 0 Å². The van der Waals surface area contributed by atoms with Crippen LogP contribution >= 0.6 is 11.3 Å². The lowest BCUT2D eigenvalue weighted by Gasteiger charge is -2.27. The van der Waals surface area contributed by atoms with Gasteiger partial charge < -0.3 is 20.5 Å². The molecule has 1 amide bonds. The Kier molecular flexibility index (Phi) is 2.79. The molecule has 0 aliphatic carbocycles. The van der Waals surface area contributed by atoms with Crippen molar-refractivity contribution in [1.29, 1.82) is 0 Å². The number of ether oxygens (including phenoxy) is 1.